The van der Waals surface area contributed by atoms with E-state index >= 15 is 0 Å². The van der Waals surface area contributed by atoms with Gasteiger partial charge < -0.3 is 21.9 Å². The predicted molar refractivity (Wildman–Crippen MR) is 67.5 cm³/mol. The number of hydrogen-bond acceptors (Lipinski definition) is 5. The number of carboxylic acid groups (broad SMARTS) is 2. The number of hydrogen-bond donors (Lipinski definition) is 2. The van der Waals surface area contributed by atoms with E-state index in [1.165, 1.54) is 48.5 Å². The second-order valence-electron chi connectivity index (χ2n) is 3.60. The van der Waals surface area contributed by atoms with Crippen LogP contribution in [-0.4, -0.2) is 22.2 Å². The van der Waals surface area contributed by atoms with E-state index in [9.17, 15) is 19.8 Å². The molecule has 23 heavy (non-hydrogen) atoms. The van der Waals surface area contributed by atoms with Crippen molar-refractivity contribution in [3.8, 4) is 11.5 Å². The second kappa shape index (κ2) is 12.9. The maximum absolute atomic E-state index is 10.7. The molecule has 0 spiro atoms. The van der Waals surface area contributed by atoms with Crippen molar-refractivity contribution in [3.63, 3.8) is 0 Å². The molecule has 0 aliphatic carbocycles. The van der Waals surface area contributed by atoms with Crippen molar-refractivity contribution in [3.05, 3.63) is 59.7 Å². The summed E-state index contributed by atoms with van der Waals surface area (Å²) in [5.41, 5.74) is -0.356. The molecule has 2 aromatic rings. The summed E-state index contributed by atoms with van der Waals surface area (Å²) < 4.78 is 8.19. The first-order chi connectivity index (χ1) is 10.4. The van der Waals surface area contributed by atoms with Crippen LogP contribution in [0.15, 0.2) is 48.5 Å². The number of carbonyl (C=O) groups is 2. The van der Waals surface area contributed by atoms with Crippen LogP contribution in [0.4, 0.5) is 0 Å². The van der Waals surface area contributed by atoms with Gasteiger partial charge in [-0.05, 0) is 12.1 Å². The number of carboxylic acids is 2. The van der Waals surface area contributed by atoms with E-state index < -0.39 is 23.4 Å². The van der Waals surface area contributed by atoms with Crippen molar-refractivity contribution < 1.29 is 82.0 Å². The third-order valence-electron chi connectivity index (χ3n) is 2.23. The summed E-state index contributed by atoms with van der Waals surface area (Å²) in [6.45, 7) is 0. The van der Waals surface area contributed by atoms with E-state index in [0.717, 1.165) is 17.4 Å². The van der Waals surface area contributed by atoms with Crippen molar-refractivity contribution in [1.29, 1.82) is 0 Å². The molecule has 0 aliphatic heterocycles. The molecular weight excluding hydrogens is 354 g/mol. The fraction of sp³-hybridized carbons (Fsp3) is 0. The fourth-order valence-electron chi connectivity index (χ4n) is 1.29. The van der Waals surface area contributed by atoms with Crippen LogP contribution in [0.2, 0.25) is 0 Å². The van der Waals surface area contributed by atoms with Gasteiger partial charge >= 0.3 is 62.5 Å². The molecule has 7 nitrogen and oxygen atoms in total. The van der Waals surface area contributed by atoms with Gasteiger partial charge in [-0.2, -0.15) is 0 Å². The second-order valence-corrected chi connectivity index (χ2v) is 3.60. The maximum atomic E-state index is 10.7. The van der Waals surface area contributed by atoms with Gasteiger partial charge in [-0.25, -0.2) is 9.59 Å². The molecular formula is C14H11NaO7V. The average molecular weight is 365 g/mol. The molecule has 0 saturated heterocycles. The molecule has 2 aromatic carbocycles. The van der Waals surface area contributed by atoms with Gasteiger partial charge in [0.05, 0.1) is 11.1 Å². The molecule has 0 fully saturated rings. The summed E-state index contributed by atoms with van der Waals surface area (Å²) in [6.07, 6.45) is 0. The molecule has 0 bridgehead atoms. The number of benzene rings is 2. The minimum atomic E-state index is -1.18. The Morgan fingerprint density at radius 1 is 0.783 bits per heavy atom. The molecule has 0 radical (unpaired) electrons. The van der Waals surface area contributed by atoms with Crippen molar-refractivity contribution in [1.82, 2.24) is 0 Å². The Labute approximate surface area is 164 Å². The summed E-state index contributed by atoms with van der Waals surface area (Å²) in [7, 11) is 0. The van der Waals surface area contributed by atoms with Gasteiger partial charge in [0.15, 0.2) is 0 Å². The van der Waals surface area contributed by atoms with Gasteiger partial charge in [0, 0.05) is 0 Å². The average Bonchev–Trinajstić information content (AvgIpc) is 2.50. The van der Waals surface area contributed by atoms with Gasteiger partial charge in [-0.3, -0.25) is 0 Å². The third kappa shape index (κ3) is 8.54. The van der Waals surface area contributed by atoms with E-state index in [0.29, 0.717) is 0 Å². The molecule has 2 rings (SSSR count). The topological polar surface area (TPSA) is 138 Å². The van der Waals surface area contributed by atoms with E-state index in [1.54, 1.807) is 0 Å². The van der Waals surface area contributed by atoms with Crippen LogP contribution in [-0.2, 0) is 21.0 Å². The van der Waals surface area contributed by atoms with Gasteiger partial charge in [0.25, 0.3) is 0 Å². The summed E-state index contributed by atoms with van der Waals surface area (Å²) in [4.78, 5) is 20.4. The Kier molecular flexibility index (Phi) is 13.2. The zero-order valence-corrected chi connectivity index (χ0v) is 15.4. The number of rotatable bonds is 2. The van der Waals surface area contributed by atoms with Crippen LogP contribution in [0.5, 0.6) is 11.5 Å². The standard InChI is InChI=1S/2C7H6O3.Na.O.V.H/c2*8-6-4-2-1-3-5(6)7(9)10;;;;/h2*1-4,8H,(H,9,10);;;;/q;;+1;;+2;-1/p-2. The molecule has 0 unspecified atom stereocenters. The van der Waals surface area contributed by atoms with Crippen LogP contribution in [0.25, 0.3) is 0 Å². The third-order valence-corrected chi connectivity index (χ3v) is 2.23. The Bertz CT molecular complexity index is 599. The van der Waals surface area contributed by atoms with E-state index in [1.807, 2.05) is 0 Å². The SMILES string of the molecule is O=C(O)c1ccccc1[O-].O=C(O)c1ccccc1[O-].[H-].[Na+].[O]=[V+2]. The molecule has 0 atom stereocenters. The molecule has 0 amide bonds. The minimum absolute atomic E-state index is 0. The summed E-state index contributed by atoms with van der Waals surface area (Å²) in [6, 6.07) is 11.1. The Balaban J connectivity index is -0.000000310. The van der Waals surface area contributed by atoms with Crippen LogP contribution < -0.4 is 39.8 Å². The van der Waals surface area contributed by atoms with Crippen molar-refractivity contribution in [2.24, 2.45) is 0 Å². The molecule has 0 saturated carbocycles. The molecule has 2 N–H and O–H groups in total. The zero-order valence-electron chi connectivity index (χ0n) is 13.0. The Morgan fingerprint density at radius 2 is 1.04 bits per heavy atom. The van der Waals surface area contributed by atoms with Gasteiger partial charge in [0.2, 0.25) is 0 Å². The van der Waals surface area contributed by atoms with Crippen LogP contribution in [0.3, 0.4) is 0 Å². The first-order valence-electron chi connectivity index (χ1n) is 5.60. The van der Waals surface area contributed by atoms with Crippen molar-refractivity contribution in [2.75, 3.05) is 0 Å². The Hall–Kier alpha value is -1.64. The molecule has 0 aliphatic rings. The van der Waals surface area contributed by atoms with E-state index in [2.05, 4.69) is 0 Å². The summed E-state index contributed by atoms with van der Waals surface area (Å²) in [5, 5.41) is 38.1. The monoisotopic (exact) mass is 365 g/mol. The summed E-state index contributed by atoms with van der Waals surface area (Å²) in [5.74, 6) is -3.25. The number of para-hydroxylation sites is 2. The van der Waals surface area contributed by atoms with Crippen LogP contribution in [0, 0.1) is 0 Å². The van der Waals surface area contributed by atoms with Crippen LogP contribution >= 0.6 is 0 Å². The van der Waals surface area contributed by atoms with Crippen LogP contribution in [0.1, 0.15) is 22.1 Å². The zero-order chi connectivity index (χ0) is 17.1. The quantitative estimate of drug-likeness (QED) is 0.582. The van der Waals surface area contributed by atoms with Gasteiger partial charge in [-0.1, -0.05) is 47.9 Å². The Morgan fingerprint density at radius 3 is 1.22 bits per heavy atom. The first kappa shape index (κ1) is 23.6. The first-order valence-corrected chi connectivity index (χ1v) is 6.17. The molecule has 0 heterocycles. The van der Waals surface area contributed by atoms with E-state index in [4.69, 9.17) is 13.9 Å². The van der Waals surface area contributed by atoms with Crippen molar-refractivity contribution >= 4 is 11.9 Å². The molecule has 0 aromatic heterocycles. The normalized spacial score (nSPS) is 8.26. The number of aromatic carboxylic acids is 2. The molecule has 9 heteroatoms. The van der Waals surface area contributed by atoms with Gasteiger partial charge in [-0.15, -0.1) is 0 Å². The predicted octanol–water partition coefficient (Wildman–Crippen LogP) is -2.09. The summed E-state index contributed by atoms with van der Waals surface area (Å²) >= 11 is 1.06. The van der Waals surface area contributed by atoms with Gasteiger partial charge in [0.1, 0.15) is 0 Å². The van der Waals surface area contributed by atoms with E-state index in [-0.39, 0.29) is 42.1 Å². The molecule has 115 valence electrons. The fourth-order valence-corrected chi connectivity index (χ4v) is 1.29. The van der Waals surface area contributed by atoms with Crippen molar-refractivity contribution in [2.45, 2.75) is 0 Å².